The topological polar surface area (TPSA) is 12.0 Å². The number of rotatable bonds is 6. The van der Waals surface area contributed by atoms with E-state index in [2.05, 4.69) is 88.3 Å². The van der Waals surface area contributed by atoms with E-state index in [9.17, 15) is 0 Å². The highest BCUT2D eigenvalue weighted by Crippen LogP contribution is 2.38. The zero-order valence-electron chi connectivity index (χ0n) is 12.6. The lowest BCUT2D eigenvalue weighted by Crippen LogP contribution is -2.21. The fraction of sp³-hybridized carbons (Fsp3) is 0.412. The van der Waals surface area contributed by atoms with E-state index in [-0.39, 0.29) is 6.04 Å². The summed E-state index contributed by atoms with van der Waals surface area (Å²) in [4.78, 5) is 0. The first-order valence-corrected chi connectivity index (χ1v) is 9.75. The zero-order valence-corrected chi connectivity index (χ0v) is 16.6. The van der Waals surface area contributed by atoms with E-state index >= 15 is 0 Å². The third-order valence-corrected chi connectivity index (χ3v) is 6.24. The van der Waals surface area contributed by atoms with E-state index in [0.29, 0.717) is 5.92 Å². The average molecular weight is 431 g/mol. The van der Waals surface area contributed by atoms with Crippen LogP contribution in [0.25, 0.3) is 0 Å². The molecular weight excluding hydrogens is 410 g/mol. The Balaban J connectivity index is 2.32. The first-order chi connectivity index (χ1) is 10.1. The minimum absolute atomic E-state index is 0.234. The number of hydrogen-bond acceptors (Lipinski definition) is 2. The van der Waals surface area contributed by atoms with Gasteiger partial charge in [-0.15, -0.1) is 11.3 Å². The monoisotopic (exact) mass is 429 g/mol. The minimum Gasteiger partial charge on any atom is -0.306 e. The van der Waals surface area contributed by atoms with Gasteiger partial charge in [-0.05, 0) is 73.5 Å². The first kappa shape index (κ1) is 17.2. The van der Waals surface area contributed by atoms with Gasteiger partial charge in [0.15, 0.2) is 0 Å². The van der Waals surface area contributed by atoms with E-state index in [1.807, 2.05) is 0 Å². The van der Waals surface area contributed by atoms with Crippen molar-refractivity contribution in [2.75, 3.05) is 6.54 Å². The van der Waals surface area contributed by atoms with E-state index in [1.165, 1.54) is 26.9 Å². The van der Waals surface area contributed by atoms with Crippen LogP contribution in [0.3, 0.4) is 0 Å². The molecular formula is C17H21Br2NS. The summed E-state index contributed by atoms with van der Waals surface area (Å²) in [5.41, 5.74) is 4.03. The maximum atomic E-state index is 3.68. The maximum Gasteiger partial charge on any atom is 0.0761 e. The van der Waals surface area contributed by atoms with Gasteiger partial charge in [0.05, 0.1) is 13.6 Å². The summed E-state index contributed by atoms with van der Waals surface area (Å²) in [6.07, 6.45) is 1.18. The Hall–Kier alpha value is -0.160. The zero-order chi connectivity index (χ0) is 15.4. The predicted molar refractivity (Wildman–Crippen MR) is 100 cm³/mol. The summed E-state index contributed by atoms with van der Waals surface area (Å²) in [5, 5.41) is 3.59. The summed E-state index contributed by atoms with van der Waals surface area (Å²) in [6.45, 7) is 7.61. The van der Waals surface area contributed by atoms with Gasteiger partial charge in [0, 0.05) is 0 Å². The molecule has 1 N–H and O–H groups in total. The maximum absolute atomic E-state index is 3.68. The molecule has 1 aromatic heterocycles. The summed E-state index contributed by atoms with van der Waals surface area (Å²) < 4.78 is 2.34. The average Bonchev–Trinajstić information content (AvgIpc) is 2.82. The second-order valence-corrected chi connectivity index (χ2v) is 9.00. The van der Waals surface area contributed by atoms with Gasteiger partial charge < -0.3 is 5.32 Å². The van der Waals surface area contributed by atoms with E-state index in [0.717, 1.165) is 10.3 Å². The van der Waals surface area contributed by atoms with Gasteiger partial charge in [0.2, 0.25) is 0 Å². The third kappa shape index (κ3) is 4.19. The van der Waals surface area contributed by atoms with Crippen molar-refractivity contribution < 1.29 is 0 Å². The van der Waals surface area contributed by atoms with E-state index in [4.69, 9.17) is 0 Å². The largest absolute Gasteiger partial charge is 0.306 e. The molecule has 2 rings (SSSR count). The number of halogens is 2. The Labute approximate surface area is 148 Å². The first-order valence-electron chi connectivity index (χ1n) is 7.34. The van der Waals surface area contributed by atoms with Crippen molar-refractivity contribution in [3.8, 4) is 0 Å². The lowest BCUT2D eigenvalue weighted by atomic mass is 9.94. The van der Waals surface area contributed by atoms with E-state index in [1.54, 1.807) is 11.3 Å². The normalized spacial score (nSPS) is 14.1. The standard InChI is InChI=1S/C17H21Br2NS/c1-4-11(3)12-6-8-13(9-7-12)16(20-5-2)14-10-15(18)21-17(14)19/h6-11,16,20H,4-5H2,1-3H3. The fourth-order valence-corrected chi connectivity index (χ4v) is 5.32. The molecule has 1 nitrogen and oxygen atoms in total. The molecule has 0 fully saturated rings. The van der Waals surface area contributed by atoms with Crippen LogP contribution in [-0.4, -0.2) is 6.54 Å². The van der Waals surface area contributed by atoms with Gasteiger partial charge in [0.1, 0.15) is 0 Å². The highest BCUT2D eigenvalue weighted by Gasteiger charge is 2.18. The van der Waals surface area contributed by atoms with Crippen LogP contribution in [0.15, 0.2) is 37.9 Å². The Morgan fingerprint density at radius 1 is 1.10 bits per heavy atom. The molecule has 0 spiro atoms. The van der Waals surface area contributed by atoms with Crippen molar-refractivity contribution in [1.82, 2.24) is 5.32 Å². The number of benzene rings is 1. The molecule has 0 aliphatic heterocycles. The third-order valence-electron chi connectivity index (χ3n) is 3.85. The van der Waals surface area contributed by atoms with Gasteiger partial charge in [0.25, 0.3) is 0 Å². The van der Waals surface area contributed by atoms with Crippen molar-refractivity contribution in [3.63, 3.8) is 0 Å². The molecule has 0 bridgehead atoms. The van der Waals surface area contributed by atoms with Crippen LogP contribution in [0.2, 0.25) is 0 Å². The minimum atomic E-state index is 0.234. The Kier molecular flexibility index (Phi) is 6.48. The number of thiophene rings is 1. The molecule has 0 saturated heterocycles. The summed E-state index contributed by atoms with van der Waals surface area (Å²) in [5.74, 6) is 0.624. The highest BCUT2D eigenvalue weighted by atomic mass is 79.9. The molecule has 0 aliphatic rings. The van der Waals surface area contributed by atoms with Gasteiger partial charge in [-0.2, -0.15) is 0 Å². The van der Waals surface area contributed by atoms with Crippen LogP contribution in [0.4, 0.5) is 0 Å². The lowest BCUT2D eigenvalue weighted by molar-refractivity contribution is 0.629. The van der Waals surface area contributed by atoms with Crippen molar-refractivity contribution in [2.24, 2.45) is 0 Å². The summed E-state index contributed by atoms with van der Waals surface area (Å²) in [6, 6.07) is 11.5. The van der Waals surface area contributed by atoms with Crippen molar-refractivity contribution >= 4 is 43.2 Å². The van der Waals surface area contributed by atoms with Crippen LogP contribution < -0.4 is 5.32 Å². The molecule has 0 amide bonds. The summed E-state index contributed by atoms with van der Waals surface area (Å²) >= 11 is 8.98. The van der Waals surface area contributed by atoms with Crippen molar-refractivity contribution in [1.29, 1.82) is 0 Å². The van der Waals surface area contributed by atoms with Gasteiger partial charge in [-0.25, -0.2) is 0 Å². The predicted octanol–water partition coefficient (Wildman–Crippen LogP) is 6.49. The molecule has 1 heterocycles. The van der Waals surface area contributed by atoms with Gasteiger partial charge in [-0.3, -0.25) is 0 Å². The number of nitrogens with one attached hydrogen (secondary N) is 1. The highest BCUT2D eigenvalue weighted by molar-refractivity contribution is 9.12. The van der Waals surface area contributed by atoms with Crippen molar-refractivity contribution in [2.45, 2.75) is 39.2 Å². The van der Waals surface area contributed by atoms with Crippen LogP contribution >= 0.6 is 43.2 Å². The molecule has 1 aromatic carbocycles. The fourth-order valence-electron chi connectivity index (χ4n) is 2.41. The molecule has 4 heteroatoms. The molecule has 2 aromatic rings. The molecule has 114 valence electrons. The van der Waals surface area contributed by atoms with Gasteiger partial charge in [-0.1, -0.05) is 45.0 Å². The van der Waals surface area contributed by atoms with Crippen LogP contribution in [0.1, 0.15) is 55.8 Å². The molecule has 0 saturated carbocycles. The molecule has 2 atom stereocenters. The van der Waals surface area contributed by atoms with Gasteiger partial charge >= 0.3 is 0 Å². The Morgan fingerprint density at radius 3 is 2.19 bits per heavy atom. The smallest absolute Gasteiger partial charge is 0.0761 e. The molecule has 2 unspecified atom stereocenters. The quantitative estimate of drug-likeness (QED) is 0.552. The molecule has 0 radical (unpaired) electrons. The number of hydrogen-bond donors (Lipinski definition) is 1. The van der Waals surface area contributed by atoms with Crippen LogP contribution in [0.5, 0.6) is 0 Å². The van der Waals surface area contributed by atoms with Crippen molar-refractivity contribution in [3.05, 3.63) is 54.6 Å². The molecule has 21 heavy (non-hydrogen) atoms. The molecule has 0 aliphatic carbocycles. The second kappa shape index (κ2) is 7.91. The second-order valence-electron chi connectivity index (χ2n) is 5.25. The Bertz CT molecular complexity index is 577. The lowest BCUT2D eigenvalue weighted by Gasteiger charge is -2.19. The Morgan fingerprint density at radius 2 is 1.71 bits per heavy atom. The van der Waals surface area contributed by atoms with Crippen LogP contribution in [-0.2, 0) is 0 Å². The van der Waals surface area contributed by atoms with Crippen LogP contribution in [0, 0.1) is 0 Å². The summed E-state index contributed by atoms with van der Waals surface area (Å²) in [7, 11) is 0. The SMILES string of the molecule is CCNC(c1ccc(C(C)CC)cc1)c1cc(Br)sc1Br. The van der Waals surface area contributed by atoms with E-state index < -0.39 is 0 Å².